The minimum Gasteiger partial charge on any atom is -0.484 e. The van der Waals surface area contributed by atoms with E-state index < -0.39 is 28.0 Å². The molecule has 158 valence electrons. The smallest absolute Gasteiger partial charge is 0.484 e. The van der Waals surface area contributed by atoms with E-state index in [0.29, 0.717) is 21.8 Å². The van der Waals surface area contributed by atoms with Crippen molar-refractivity contribution < 1.29 is 35.9 Å². The number of nitrogens with zero attached hydrogens (tertiary/aromatic N) is 2. The Bertz CT molecular complexity index is 1190. The van der Waals surface area contributed by atoms with Crippen molar-refractivity contribution in [2.24, 2.45) is 0 Å². The lowest BCUT2D eigenvalue weighted by molar-refractivity contribution is -0.121. The maximum Gasteiger partial charge on any atom is 0.516 e. The van der Waals surface area contributed by atoms with Crippen molar-refractivity contribution in [1.82, 2.24) is 14.7 Å². The Morgan fingerprint density at radius 2 is 1.73 bits per heavy atom. The minimum atomic E-state index is -5.78. The van der Waals surface area contributed by atoms with Crippen LogP contribution in [-0.4, -0.2) is 36.4 Å². The standard InChI is InChI=1S/C17H11ClF3N3O5S/c18-10-1-6-13-14(7-10)22-8-16(23-13)29-12-4-2-11(3-5-12)28-9-15(25)24-30(26,27)17(19,20)21/h1-8H,9H2,(H,24,25). The highest BCUT2D eigenvalue weighted by atomic mass is 35.5. The Kier molecular flexibility index (Phi) is 5.99. The van der Waals surface area contributed by atoms with Gasteiger partial charge in [0.05, 0.1) is 17.2 Å². The van der Waals surface area contributed by atoms with Crippen LogP contribution in [-0.2, 0) is 14.8 Å². The average Bonchev–Trinajstić information content (AvgIpc) is 2.66. The molecular formula is C17H11ClF3N3O5S. The number of fused-ring (bicyclic) bond motifs is 1. The number of hydrogen-bond acceptors (Lipinski definition) is 7. The molecule has 3 rings (SSSR count). The number of rotatable bonds is 6. The molecular weight excluding hydrogens is 451 g/mol. The van der Waals surface area contributed by atoms with Crippen LogP contribution < -0.4 is 14.2 Å². The van der Waals surface area contributed by atoms with Gasteiger partial charge in [-0.3, -0.25) is 4.79 Å². The van der Waals surface area contributed by atoms with E-state index in [-0.39, 0.29) is 11.6 Å². The van der Waals surface area contributed by atoms with E-state index >= 15 is 0 Å². The summed E-state index contributed by atoms with van der Waals surface area (Å²) in [6, 6.07) is 10.6. The SMILES string of the molecule is O=C(COc1ccc(Oc2cnc3cc(Cl)ccc3n2)cc1)NS(=O)(=O)C(F)(F)F. The summed E-state index contributed by atoms with van der Waals surface area (Å²) in [5.41, 5.74) is -4.44. The Morgan fingerprint density at radius 3 is 2.40 bits per heavy atom. The summed E-state index contributed by atoms with van der Waals surface area (Å²) in [7, 11) is -5.78. The van der Waals surface area contributed by atoms with E-state index in [4.69, 9.17) is 21.1 Å². The number of carbonyl (C=O) groups is 1. The molecule has 2 aromatic carbocycles. The van der Waals surface area contributed by atoms with E-state index in [1.54, 1.807) is 18.2 Å². The summed E-state index contributed by atoms with van der Waals surface area (Å²) in [6.45, 7) is -0.936. The van der Waals surface area contributed by atoms with E-state index in [0.717, 1.165) is 4.72 Å². The van der Waals surface area contributed by atoms with Crippen molar-refractivity contribution in [2.45, 2.75) is 5.51 Å². The van der Waals surface area contributed by atoms with Gasteiger partial charge in [-0.15, -0.1) is 0 Å². The molecule has 0 spiro atoms. The molecule has 0 aliphatic carbocycles. The van der Waals surface area contributed by atoms with Gasteiger partial charge in [0.1, 0.15) is 11.5 Å². The molecule has 1 N–H and O–H groups in total. The van der Waals surface area contributed by atoms with Crippen molar-refractivity contribution in [3.05, 3.63) is 53.7 Å². The first-order valence-corrected chi connectivity index (χ1v) is 9.84. The Hall–Kier alpha value is -3.12. The van der Waals surface area contributed by atoms with E-state index in [9.17, 15) is 26.4 Å². The van der Waals surface area contributed by atoms with Gasteiger partial charge in [0.25, 0.3) is 5.91 Å². The van der Waals surface area contributed by atoms with E-state index in [2.05, 4.69) is 9.97 Å². The van der Waals surface area contributed by atoms with Gasteiger partial charge in [0.15, 0.2) is 6.61 Å². The van der Waals surface area contributed by atoms with Crippen LogP contribution in [0.15, 0.2) is 48.7 Å². The van der Waals surface area contributed by atoms with Crippen LogP contribution in [0.5, 0.6) is 17.4 Å². The second kappa shape index (κ2) is 8.32. The molecule has 0 saturated heterocycles. The number of carbonyl (C=O) groups excluding carboxylic acids is 1. The molecule has 1 aromatic heterocycles. The second-order valence-corrected chi connectivity index (χ2v) is 7.79. The fraction of sp³-hybridized carbons (Fsp3) is 0.118. The lowest BCUT2D eigenvalue weighted by atomic mass is 10.3. The average molecular weight is 462 g/mol. The first-order chi connectivity index (χ1) is 14.0. The number of halogens is 4. The Morgan fingerprint density at radius 1 is 1.07 bits per heavy atom. The van der Waals surface area contributed by atoms with E-state index in [1.807, 2.05) is 0 Å². The zero-order valence-corrected chi connectivity index (χ0v) is 16.3. The largest absolute Gasteiger partial charge is 0.516 e. The molecule has 8 nitrogen and oxygen atoms in total. The number of nitrogens with one attached hydrogen (secondary N) is 1. The van der Waals surface area contributed by atoms with Crippen molar-refractivity contribution in [3.63, 3.8) is 0 Å². The zero-order chi connectivity index (χ0) is 21.9. The summed E-state index contributed by atoms with van der Waals surface area (Å²) in [5.74, 6) is -0.829. The topological polar surface area (TPSA) is 107 Å². The van der Waals surface area contributed by atoms with Gasteiger partial charge in [0.2, 0.25) is 5.88 Å². The fourth-order valence-corrected chi connectivity index (χ4v) is 2.77. The van der Waals surface area contributed by atoms with Gasteiger partial charge in [-0.2, -0.15) is 21.6 Å². The lowest BCUT2D eigenvalue weighted by Crippen LogP contribution is -2.42. The molecule has 0 fully saturated rings. The highest BCUT2D eigenvalue weighted by Crippen LogP contribution is 2.25. The van der Waals surface area contributed by atoms with E-state index in [1.165, 1.54) is 30.5 Å². The normalized spacial score (nSPS) is 11.9. The molecule has 3 aromatic rings. The van der Waals surface area contributed by atoms with Gasteiger partial charge in [0, 0.05) is 5.02 Å². The zero-order valence-electron chi connectivity index (χ0n) is 14.7. The quantitative estimate of drug-likeness (QED) is 0.599. The molecule has 0 saturated carbocycles. The predicted molar refractivity (Wildman–Crippen MR) is 99.7 cm³/mol. The van der Waals surface area contributed by atoms with Crippen molar-refractivity contribution in [3.8, 4) is 17.4 Å². The molecule has 1 amide bonds. The molecule has 30 heavy (non-hydrogen) atoms. The monoisotopic (exact) mass is 461 g/mol. The van der Waals surface area contributed by atoms with Crippen LogP contribution in [0.25, 0.3) is 11.0 Å². The van der Waals surface area contributed by atoms with Gasteiger partial charge in [-0.05, 0) is 42.5 Å². The highest BCUT2D eigenvalue weighted by molar-refractivity contribution is 7.90. The summed E-state index contributed by atoms with van der Waals surface area (Å²) >= 11 is 5.88. The number of benzene rings is 2. The van der Waals surface area contributed by atoms with Gasteiger partial charge >= 0.3 is 15.5 Å². The third kappa shape index (κ3) is 5.27. The predicted octanol–water partition coefficient (Wildman–Crippen LogP) is 3.42. The van der Waals surface area contributed by atoms with Crippen molar-refractivity contribution in [2.75, 3.05) is 6.61 Å². The minimum absolute atomic E-state index is 0.0983. The van der Waals surface area contributed by atoms with Crippen LogP contribution in [0.1, 0.15) is 0 Å². The Balaban J connectivity index is 1.59. The summed E-state index contributed by atoms with van der Waals surface area (Å²) in [5, 5.41) is 0.519. The first kappa shape index (κ1) is 21.6. The molecule has 13 heteroatoms. The molecule has 0 aliphatic heterocycles. The summed E-state index contributed by atoms with van der Waals surface area (Å²) in [4.78, 5) is 19.8. The van der Waals surface area contributed by atoms with Crippen LogP contribution in [0, 0.1) is 0 Å². The Labute approximate surface area is 172 Å². The van der Waals surface area contributed by atoms with Crippen LogP contribution in [0.4, 0.5) is 13.2 Å². The maximum absolute atomic E-state index is 12.2. The van der Waals surface area contributed by atoms with Crippen molar-refractivity contribution >= 4 is 38.6 Å². The lowest BCUT2D eigenvalue weighted by Gasteiger charge is -2.10. The highest BCUT2D eigenvalue weighted by Gasteiger charge is 2.47. The third-order valence-corrected chi connectivity index (χ3v) is 4.79. The maximum atomic E-state index is 12.2. The van der Waals surface area contributed by atoms with Gasteiger partial charge < -0.3 is 9.47 Å². The number of sulfonamides is 1. The number of ether oxygens (including phenoxy) is 2. The number of amides is 1. The third-order valence-electron chi connectivity index (χ3n) is 3.45. The number of hydrogen-bond donors (Lipinski definition) is 1. The second-order valence-electron chi connectivity index (χ2n) is 5.68. The van der Waals surface area contributed by atoms with Crippen LogP contribution >= 0.6 is 11.6 Å². The number of aromatic nitrogens is 2. The van der Waals surface area contributed by atoms with Crippen LogP contribution in [0.2, 0.25) is 5.02 Å². The van der Waals surface area contributed by atoms with Crippen LogP contribution in [0.3, 0.4) is 0 Å². The molecule has 0 atom stereocenters. The van der Waals surface area contributed by atoms with Gasteiger partial charge in [-0.25, -0.2) is 14.7 Å². The number of alkyl halides is 3. The summed E-state index contributed by atoms with van der Waals surface area (Å²) < 4.78 is 69.7. The fourth-order valence-electron chi connectivity index (χ4n) is 2.13. The molecule has 0 bridgehead atoms. The molecule has 0 unspecified atom stereocenters. The van der Waals surface area contributed by atoms with Gasteiger partial charge in [-0.1, -0.05) is 11.6 Å². The molecule has 0 radical (unpaired) electrons. The molecule has 0 aliphatic rings. The summed E-state index contributed by atoms with van der Waals surface area (Å²) in [6.07, 6.45) is 1.40. The molecule has 1 heterocycles. The first-order valence-electron chi connectivity index (χ1n) is 7.98. The van der Waals surface area contributed by atoms with Crippen molar-refractivity contribution in [1.29, 1.82) is 0 Å².